The zero-order valence-corrected chi connectivity index (χ0v) is 15.2. The summed E-state index contributed by atoms with van der Waals surface area (Å²) in [6.07, 6.45) is 2.76. The predicted molar refractivity (Wildman–Crippen MR) is 99.1 cm³/mol. The van der Waals surface area contributed by atoms with E-state index in [1.54, 1.807) is 0 Å². The Morgan fingerprint density at radius 3 is 2.67 bits per heavy atom. The summed E-state index contributed by atoms with van der Waals surface area (Å²) < 4.78 is 0. The Labute approximate surface area is 145 Å². The molecule has 1 aromatic carbocycles. The van der Waals surface area contributed by atoms with Gasteiger partial charge in [0, 0.05) is 39.6 Å². The minimum atomic E-state index is 0.230. The summed E-state index contributed by atoms with van der Waals surface area (Å²) in [5, 5.41) is 3.32. The fourth-order valence-electron chi connectivity index (χ4n) is 2.97. The molecule has 5 heteroatoms. The normalized spacial score (nSPS) is 14.8. The molecule has 0 unspecified atom stereocenters. The van der Waals surface area contributed by atoms with E-state index in [1.165, 1.54) is 11.1 Å². The van der Waals surface area contributed by atoms with Crippen LogP contribution in [0.2, 0.25) is 0 Å². The highest BCUT2D eigenvalue weighted by Gasteiger charge is 2.17. The van der Waals surface area contributed by atoms with Crippen LogP contribution in [-0.2, 0) is 11.3 Å². The second-order valence-electron chi connectivity index (χ2n) is 6.36. The van der Waals surface area contributed by atoms with Gasteiger partial charge in [-0.3, -0.25) is 9.79 Å². The maximum absolute atomic E-state index is 12.1. The van der Waals surface area contributed by atoms with Crippen LogP contribution in [0.5, 0.6) is 0 Å². The fraction of sp³-hybridized carbons (Fsp3) is 0.579. The average molecular weight is 330 g/mol. The van der Waals surface area contributed by atoms with Gasteiger partial charge in [-0.1, -0.05) is 24.3 Å². The predicted octanol–water partition coefficient (Wildman–Crippen LogP) is 2.40. The monoisotopic (exact) mass is 330 g/mol. The lowest BCUT2D eigenvalue weighted by Crippen LogP contribution is -2.39. The van der Waals surface area contributed by atoms with E-state index in [1.807, 2.05) is 11.9 Å². The number of amides is 1. The summed E-state index contributed by atoms with van der Waals surface area (Å²) in [4.78, 5) is 20.8. The Morgan fingerprint density at radius 1 is 1.29 bits per heavy atom. The molecule has 1 saturated heterocycles. The molecule has 1 aromatic rings. The maximum atomic E-state index is 12.1. The van der Waals surface area contributed by atoms with Crippen molar-refractivity contribution in [2.24, 2.45) is 4.99 Å². The fourth-order valence-corrected chi connectivity index (χ4v) is 2.97. The average Bonchev–Trinajstić information content (AvgIpc) is 3.10. The first-order valence-corrected chi connectivity index (χ1v) is 8.93. The van der Waals surface area contributed by atoms with Crippen LogP contribution in [0.15, 0.2) is 29.3 Å². The molecule has 1 aliphatic heterocycles. The molecule has 5 nitrogen and oxygen atoms in total. The van der Waals surface area contributed by atoms with E-state index in [4.69, 9.17) is 0 Å². The van der Waals surface area contributed by atoms with Crippen LogP contribution in [0.3, 0.4) is 0 Å². The topological polar surface area (TPSA) is 47.9 Å². The molecule has 0 atom stereocenters. The number of hydrogen-bond acceptors (Lipinski definition) is 2. The molecule has 24 heavy (non-hydrogen) atoms. The number of carbonyl (C=O) groups is 1. The van der Waals surface area contributed by atoms with E-state index >= 15 is 0 Å². The number of benzene rings is 1. The number of hydrogen-bond donors (Lipinski definition) is 1. The first kappa shape index (κ1) is 18.3. The summed E-state index contributed by atoms with van der Waals surface area (Å²) in [6.45, 7) is 8.17. The molecule has 0 radical (unpaired) electrons. The van der Waals surface area contributed by atoms with Gasteiger partial charge in [-0.2, -0.15) is 0 Å². The third-order valence-electron chi connectivity index (χ3n) is 4.41. The number of aliphatic imine (C=N–C) groups is 1. The molecule has 0 saturated carbocycles. The molecule has 1 N–H and O–H groups in total. The Hall–Kier alpha value is -2.04. The van der Waals surface area contributed by atoms with Crippen molar-refractivity contribution in [2.75, 3.05) is 33.2 Å². The van der Waals surface area contributed by atoms with Crippen LogP contribution >= 0.6 is 0 Å². The van der Waals surface area contributed by atoms with Gasteiger partial charge in [0.15, 0.2) is 5.96 Å². The number of carbonyl (C=O) groups excluding carboxylic acids is 1. The van der Waals surface area contributed by atoms with Crippen molar-refractivity contribution in [1.82, 2.24) is 15.1 Å². The first-order chi connectivity index (χ1) is 11.6. The summed E-state index contributed by atoms with van der Waals surface area (Å²) in [5.41, 5.74) is 2.57. The van der Waals surface area contributed by atoms with Gasteiger partial charge in [0.2, 0.25) is 5.91 Å². The van der Waals surface area contributed by atoms with Crippen molar-refractivity contribution in [1.29, 1.82) is 0 Å². The summed E-state index contributed by atoms with van der Waals surface area (Å²) in [6, 6.07) is 8.39. The van der Waals surface area contributed by atoms with Gasteiger partial charge in [0.25, 0.3) is 0 Å². The molecule has 0 aromatic heterocycles. The molecule has 1 fully saturated rings. The quantitative estimate of drug-likeness (QED) is 0.644. The minimum Gasteiger partial charge on any atom is -0.357 e. The molecular weight excluding hydrogens is 300 g/mol. The van der Waals surface area contributed by atoms with E-state index in [2.05, 4.69) is 53.3 Å². The molecular formula is C19H30N4O. The lowest BCUT2D eigenvalue weighted by Gasteiger charge is -2.23. The lowest BCUT2D eigenvalue weighted by atomic mass is 10.1. The number of likely N-dealkylation sites (tertiary alicyclic amines) is 1. The Balaban J connectivity index is 1.91. The highest BCUT2D eigenvalue weighted by Crippen LogP contribution is 2.10. The van der Waals surface area contributed by atoms with Gasteiger partial charge < -0.3 is 15.1 Å². The van der Waals surface area contributed by atoms with E-state index in [9.17, 15) is 4.79 Å². The van der Waals surface area contributed by atoms with Crippen LogP contribution in [0.1, 0.15) is 37.3 Å². The van der Waals surface area contributed by atoms with Crippen molar-refractivity contribution in [3.05, 3.63) is 35.4 Å². The van der Waals surface area contributed by atoms with E-state index in [0.717, 1.165) is 45.0 Å². The molecule has 1 heterocycles. The first-order valence-electron chi connectivity index (χ1n) is 8.93. The van der Waals surface area contributed by atoms with Crippen molar-refractivity contribution in [3.63, 3.8) is 0 Å². The molecule has 0 spiro atoms. The van der Waals surface area contributed by atoms with Gasteiger partial charge in [-0.15, -0.1) is 0 Å². The summed E-state index contributed by atoms with van der Waals surface area (Å²) in [7, 11) is 2.04. The lowest BCUT2D eigenvalue weighted by molar-refractivity contribution is -0.129. The zero-order valence-electron chi connectivity index (χ0n) is 15.2. The highest BCUT2D eigenvalue weighted by molar-refractivity contribution is 5.81. The molecule has 1 amide bonds. The Kier molecular flexibility index (Phi) is 7.09. The third kappa shape index (κ3) is 5.25. The third-order valence-corrected chi connectivity index (χ3v) is 4.41. The Bertz CT molecular complexity index is 564. The van der Waals surface area contributed by atoms with Crippen molar-refractivity contribution >= 4 is 11.9 Å². The van der Waals surface area contributed by atoms with E-state index in [0.29, 0.717) is 13.0 Å². The smallest absolute Gasteiger partial charge is 0.224 e. The number of guanidine groups is 1. The van der Waals surface area contributed by atoms with Crippen molar-refractivity contribution < 1.29 is 4.79 Å². The van der Waals surface area contributed by atoms with E-state index < -0.39 is 0 Å². The van der Waals surface area contributed by atoms with Crippen LogP contribution in [0.25, 0.3) is 0 Å². The van der Waals surface area contributed by atoms with Gasteiger partial charge >= 0.3 is 0 Å². The van der Waals surface area contributed by atoms with Crippen LogP contribution in [0.4, 0.5) is 0 Å². The number of nitrogens with one attached hydrogen (secondary N) is 1. The molecule has 132 valence electrons. The van der Waals surface area contributed by atoms with Crippen molar-refractivity contribution in [2.45, 2.75) is 39.7 Å². The number of nitrogens with zero attached hydrogens (tertiary/aromatic N) is 3. The Morgan fingerprint density at radius 2 is 2.00 bits per heavy atom. The standard InChI is InChI=1S/C19H30N4O/c1-4-20-19(21-12-11-18(24)23-13-7-8-14-23)22(3)15-17-10-6-5-9-16(17)2/h5-6,9-10H,4,7-8,11-15H2,1-3H3,(H,20,21). The highest BCUT2D eigenvalue weighted by atomic mass is 16.2. The van der Waals surface area contributed by atoms with Crippen LogP contribution in [-0.4, -0.2) is 54.9 Å². The second-order valence-corrected chi connectivity index (χ2v) is 6.36. The van der Waals surface area contributed by atoms with Crippen LogP contribution < -0.4 is 5.32 Å². The number of aryl methyl sites for hydroxylation is 1. The minimum absolute atomic E-state index is 0.230. The zero-order chi connectivity index (χ0) is 17.4. The van der Waals surface area contributed by atoms with Gasteiger partial charge in [-0.25, -0.2) is 0 Å². The van der Waals surface area contributed by atoms with E-state index in [-0.39, 0.29) is 5.91 Å². The molecule has 0 bridgehead atoms. The van der Waals surface area contributed by atoms with Crippen LogP contribution in [0, 0.1) is 6.92 Å². The SMILES string of the molecule is CCNC(=NCCC(=O)N1CCCC1)N(C)Cc1ccccc1C. The number of rotatable bonds is 6. The molecule has 1 aliphatic rings. The van der Waals surface area contributed by atoms with Crippen molar-refractivity contribution in [3.8, 4) is 0 Å². The largest absolute Gasteiger partial charge is 0.357 e. The maximum Gasteiger partial charge on any atom is 0.224 e. The van der Waals surface area contributed by atoms with Gasteiger partial charge in [0.1, 0.15) is 0 Å². The molecule has 2 rings (SSSR count). The summed E-state index contributed by atoms with van der Waals surface area (Å²) in [5.74, 6) is 1.09. The van der Waals surface area contributed by atoms with Gasteiger partial charge in [0.05, 0.1) is 6.54 Å². The second kappa shape index (κ2) is 9.30. The molecule has 0 aliphatic carbocycles. The van der Waals surface area contributed by atoms with Gasteiger partial charge in [-0.05, 0) is 37.8 Å². The summed E-state index contributed by atoms with van der Waals surface area (Å²) >= 11 is 0.